The number of aromatic nitrogens is 3. The topological polar surface area (TPSA) is 136 Å². The van der Waals surface area contributed by atoms with Gasteiger partial charge in [0, 0.05) is 62.3 Å². The van der Waals surface area contributed by atoms with Crippen LogP contribution in [0, 0.1) is 5.92 Å². The van der Waals surface area contributed by atoms with Crippen molar-refractivity contribution in [3.05, 3.63) is 89.7 Å². The predicted octanol–water partition coefficient (Wildman–Crippen LogP) is 5.43. The van der Waals surface area contributed by atoms with E-state index in [4.69, 9.17) is 14.2 Å². The van der Waals surface area contributed by atoms with Crippen LogP contribution in [0.3, 0.4) is 0 Å². The third kappa shape index (κ3) is 6.98. The monoisotopic (exact) mass is 765 g/mol. The van der Waals surface area contributed by atoms with Crippen molar-refractivity contribution in [2.24, 2.45) is 5.92 Å². The fraction of sp³-hybridized carbons (Fsp3) is 0.452. The van der Waals surface area contributed by atoms with E-state index in [1.54, 1.807) is 16.7 Å². The first-order chi connectivity index (χ1) is 26.5. The molecule has 12 nitrogen and oxygen atoms in total. The first-order valence-corrected chi connectivity index (χ1v) is 22.4. The molecular formula is C42H51N5O7Si. The zero-order valence-electron chi connectivity index (χ0n) is 32.4. The van der Waals surface area contributed by atoms with Crippen LogP contribution in [0.5, 0.6) is 5.75 Å². The Balaban J connectivity index is 1.32. The number of ether oxygens (including phenoxy) is 3. The molecule has 0 radical (unpaired) electrons. The molecule has 55 heavy (non-hydrogen) atoms. The molecule has 1 fully saturated rings. The first-order valence-electron chi connectivity index (χ1n) is 19.3. The quantitative estimate of drug-likeness (QED) is 0.101. The molecule has 4 heterocycles. The third-order valence-electron chi connectivity index (χ3n) is 12.0. The van der Waals surface area contributed by atoms with Crippen LogP contribution in [-0.2, 0) is 48.8 Å². The molecule has 3 aromatic carbocycles. The number of hydrogen-bond acceptors (Lipinski definition) is 9. The second kappa shape index (κ2) is 15.7. The minimum absolute atomic E-state index is 0.00148. The van der Waals surface area contributed by atoms with Gasteiger partial charge in [0.2, 0.25) is 5.91 Å². The van der Waals surface area contributed by atoms with E-state index in [1.165, 1.54) is 12.3 Å². The number of nitrogens with zero attached hydrogens (tertiary/aromatic N) is 5. The number of carbonyl (C=O) groups excluding carboxylic acids is 3. The summed E-state index contributed by atoms with van der Waals surface area (Å²) in [6, 6.07) is 22.2. The van der Waals surface area contributed by atoms with Crippen molar-refractivity contribution in [1.29, 1.82) is 0 Å². The highest BCUT2D eigenvalue weighted by Crippen LogP contribution is 2.60. The van der Waals surface area contributed by atoms with Gasteiger partial charge in [-0.25, -0.2) is 0 Å². The summed E-state index contributed by atoms with van der Waals surface area (Å²) in [5.41, 5.74) is 3.60. The number of aliphatic hydroxyl groups excluding tert-OH is 1. The van der Waals surface area contributed by atoms with E-state index in [0.29, 0.717) is 63.0 Å². The standard InChI is InChI=1S/C42H51N5O7Si/c1-28-40(55(4,5)33-17-15-32(52-2)16-18-33)37(21-24-45-27-30(22-25-48)43-44-45)54-42(28)34-26-31(47-35-11-7-6-10-29(35)13-20-38(47)49)14-19-36(34)46(41(42)51)23-9-8-12-39(50)53-3/h6-7,10-11,14-19,26-28,37,40,48H,8-9,12-13,20-25H2,1-5H3/t28-,37+,40-,42+/m0/s1. The highest BCUT2D eigenvalue weighted by atomic mass is 28.3. The zero-order chi connectivity index (χ0) is 38.9. The smallest absolute Gasteiger partial charge is 0.305 e. The highest BCUT2D eigenvalue weighted by molar-refractivity contribution is 6.91. The number of aliphatic hydroxyl groups is 1. The maximum Gasteiger partial charge on any atom is 0.305 e. The van der Waals surface area contributed by atoms with Crippen molar-refractivity contribution >= 4 is 48.1 Å². The van der Waals surface area contributed by atoms with Gasteiger partial charge in [-0.2, -0.15) is 0 Å². The van der Waals surface area contributed by atoms with Crippen LogP contribution >= 0.6 is 0 Å². The molecule has 4 aromatic rings. The second-order valence-electron chi connectivity index (χ2n) is 15.4. The minimum atomic E-state index is -2.42. The highest BCUT2D eigenvalue weighted by Gasteiger charge is 2.66. The van der Waals surface area contributed by atoms with Crippen molar-refractivity contribution < 1.29 is 33.7 Å². The maximum absolute atomic E-state index is 15.3. The molecule has 2 amide bonds. The number of anilines is 3. The second-order valence-corrected chi connectivity index (χ2v) is 20.1. The lowest BCUT2D eigenvalue weighted by Gasteiger charge is -2.37. The van der Waals surface area contributed by atoms with Gasteiger partial charge in [-0.05, 0) is 73.2 Å². The van der Waals surface area contributed by atoms with Crippen molar-refractivity contribution in [3.8, 4) is 5.75 Å². The summed E-state index contributed by atoms with van der Waals surface area (Å²) in [4.78, 5) is 44.5. The number of esters is 1. The lowest BCUT2D eigenvalue weighted by molar-refractivity contribution is -0.146. The van der Waals surface area contributed by atoms with Crippen LogP contribution < -0.4 is 19.7 Å². The van der Waals surface area contributed by atoms with Crippen molar-refractivity contribution in [1.82, 2.24) is 15.0 Å². The Morgan fingerprint density at radius 2 is 1.78 bits per heavy atom. The molecule has 4 atom stereocenters. The minimum Gasteiger partial charge on any atom is -0.497 e. The van der Waals surface area contributed by atoms with Gasteiger partial charge in [0.15, 0.2) is 5.60 Å². The molecular weight excluding hydrogens is 715 g/mol. The number of methoxy groups -OCH3 is 2. The number of para-hydroxylation sites is 1. The van der Waals surface area contributed by atoms with Crippen LogP contribution in [-0.4, -0.2) is 79.4 Å². The van der Waals surface area contributed by atoms with E-state index >= 15 is 4.79 Å². The molecule has 0 saturated carbocycles. The number of unbranched alkanes of at least 4 members (excludes halogenated alkanes) is 1. The van der Waals surface area contributed by atoms with E-state index < -0.39 is 13.7 Å². The number of carbonyl (C=O) groups is 3. The van der Waals surface area contributed by atoms with E-state index in [1.807, 2.05) is 59.6 Å². The summed E-state index contributed by atoms with van der Waals surface area (Å²) in [5, 5.41) is 19.3. The summed E-state index contributed by atoms with van der Waals surface area (Å²) in [6.07, 6.45) is 5.08. The molecule has 290 valence electrons. The summed E-state index contributed by atoms with van der Waals surface area (Å²) < 4.78 is 19.5. The Hall–Kier alpha value is -4.85. The fourth-order valence-corrected chi connectivity index (χ4v) is 13.3. The van der Waals surface area contributed by atoms with Crippen LogP contribution in [0.15, 0.2) is 72.9 Å². The number of aryl methyl sites for hydroxylation is 2. The molecule has 0 aliphatic carbocycles. The van der Waals surface area contributed by atoms with E-state index in [-0.39, 0.29) is 48.4 Å². The molecule has 1 aromatic heterocycles. The van der Waals surface area contributed by atoms with Crippen LogP contribution in [0.25, 0.3) is 0 Å². The molecule has 13 heteroatoms. The summed E-state index contributed by atoms with van der Waals surface area (Å²) in [6.45, 7) is 7.79. The van der Waals surface area contributed by atoms with Gasteiger partial charge in [0.25, 0.3) is 5.91 Å². The van der Waals surface area contributed by atoms with Crippen molar-refractivity contribution in [2.75, 3.05) is 37.2 Å². The lowest BCUT2D eigenvalue weighted by atomic mass is 9.82. The van der Waals surface area contributed by atoms with Gasteiger partial charge in [-0.1, -0.05) is 60.7 Å². The molecule has 7 rings (SSSR count). The van der Waals surface area contributed by atoms with Gasteiger partial charge in [-0.15, -0.1) is 5.10 Å². The third-order valence-corrected chi connectivity index (χ3v) is 16.4. The van der Waals surface area contributed by atoms with E-state index in [0.717, 1.165) is 28.3 Å². The van der Waals surface area contributed by atoms with Crippen molar-refractivity contribution in [3.63, 3.8) is 0 Å². The molecule has 1 saturated heterocycles. The Labute approximate surface area is 323 Å². The van der Waals surface area contributed by atoms with Gasteiger partial charge in [-0.3, -0.25) is 24.0 Å². The number of benzene rings is 3. The van der Waals surface area contributed by atoms with Crippen LogP contribution in [0.1, 0.15) is 55.8 Å². The summed E-state index contributed by atoms with van der Waals surface area (Å²) in [7, 11) is 0.627. The van der Waals surface area contributed by atoms with E-state index in [2.05, 4.69) is 48.5 Å². The summed E-state index contributed by atoms with van der Waals surface area (Å²) in [5.74, 6) is 0.155. The molecule has 1 spiro atoms. The fourth-order valence-electron chi connectivity index (χ4n) is 9.22. The molecule has 0 bridgehead atoms. The zero-order valence-corrected chi connectivity index (χ0v) is 33.4. The predicted molar refractivity (Wildman–Crippen MR) is 212 cm³/mol. The molecule has 0 unspecified atom stereocenters. The normalized spacial score (nSPS) is 22.0. The molecule has 3 aliphatic heterocycles. The number of amides is 2. The summed E-state index contributed by atoms with van der Waals surface area (Å²) >= 11 is 0. The van der Waals surface area contributed by atoms with Gasteiger partial charge in [0.1, 0.15) is 5.75 Å². The van der Waals surface area contributed by atoms with Gasteiger partial charge in [0.05, 0.1) is 45.5 Å². The Morgan fingerprint density at radius 3 is 2.53 bits per heavy atom. The first kappa shape index (κ1) is 38.4. The SMILES string of the molecule is COC(=O)CCCCN1C(=O)[C@]2(O[C@H](CCn3cc(CCO)nn3)[C@@H]([Si](C)(C)c3ccc(OC)cc3)[C@@H]2C)c2cc(N3C(=O)CCc4ccccc43)ccc21. The van der Waals surface area contributed by atoms with E-state index in [9.17, 15) is 14.7 Å². The Morgan fingerprint density at radius 1 is 1.00 bits per heavy atom. The molecule has 1 N–H and O–H groups in total. The lowest BCUT2D eigenvalue weighted by Crippen LogP contribution is -2.52. The molecule has 3 aliphatic rings. The number of hydrogen-bond donors (Lipinski definition) is 1. The van der Waals surface area contributed by atoms with Crippen LogP contribution in [0.4, 0.5) is 17.1 Å². The average molecular weight is 766 g/mol. The number of fused-ring (bicyclic) bond motifs is 3. The Bertz CT molecular complexity index is 2050. The average Bonchev–Trinajstić information content (AvgIpc) is 3.84. The maximum atomic E-state index is 15.3. The van der Waals surface area contributed by atoms with Gasteiger partial charge < -0.3 is 24.2 Å². The van der Waals surface area contributed by atoms with Gasteiger partial charge >= 0.3 is 5.97 Å². The van der Waals surface area contributed by atoms with Crippen LogP contribution in [0.2, 0.25) is 18.6 Å². The Kier molecular flexibility index (Phi) is 11.0. The van der Waals surface area contributed by atoms with Crippen molar-refractivity contribution in [2.45, 2.75) is 88.8 Å². The number of rotatable bonds is 14. The largest absolute Gasteiger partial charge is 0.497 e.